The number of para-hydroxylation sites is 1. The van der Waals surface area contributed by atoms with E-state index in [1.807, 2.05) is 43.3 Å². The van der Waals surface area contributed by atoms with E-state index in [1.54, 1.807) is 49.4 Å². The number of carbonyl (C=O) groups is 2. The van der Waals surface area contributed by atoms with Crippen LogP contribution >= 0.6 is 11.6 Å². The lowest BCUT2D eigenvalue weighted by molar-refractivity contribution is -0.140. The number of sulfonamides is 1. The molecule has 0 saturated heterocycles. The molecule has 9 heteroatoms. The van der Waals surface area contributed by atoms with Crippen molar-refractivity contribution in [2.75, 3.05) is 23.7 Å². The van der Waals surface area contributed by atoms with Crippen LogP contribution in [0.4, 0.5) is 5.69 Å². The van der Waals surface area contributed by atoms with Crippen molar-refractivity contribution < 1.29 is 18.0 Å². The normalized spacial score (nSPS) is 12.0. The SMILES string of the molecule is CCCCNC(=O)[C@H](Cc1ccccc1)N(Cc1ccccc1Cl)C(=O)CN(c1ccccc1C)S(C)(=O)=O. The van der Waals surface area contributed by atoms with Crippen LogP contribution in [0.1, 0.15) is 36.5 Å². The highest BCUT2D eigenvalue weighted by Gasteiger charge is 2.33. The monoisotopic (exact) mass is 569 g/mol. The molecule has 3 rings (SSSR count). The van der Waals surface area contributed by atoms with Gasteiger partial charge in [0.15, 0.2) is 0 Å². The van der Waals surface area contributed by atoms with E-state index in [-0.39, 0.29) is 18.9 Å². The summed E-state index contributed by atoms with van der Waals surface area (Å²) in [5.41, 5.74) is 2.67. The lowest BCUT2D eigenvalue weighted by Gasteiger charge is -2.34. The third kappa shape index (κ3) is 8.57. The van der Waals surface area contributed by atoms with Crippen LogP contribution in [0.5, 0.6) is 0 Å². The fraction of sp³-hybridized carbons (Fsp3) is 0.333. The molecule has 0 heterocycles. The molecular formula is C30H36ClN3O4S. The third-order valence-corrected chi connectivity index (χ3v) is 7.96. The van der Waals surface area contributed by atoms with Gasteiger partial charge in [-0.25, -0.2) is 8.42 Å². The van der Waals surface area contributed by atoms with Crippen LogP contribution in [0, 0.1) is 6.92 Å². The second-order valence-electron chi connectivity index (χ2n) is 9.52. The summed E-state index contributed by atoms with van der Waals surface area (Å²) in [5.74, 6) is -0.801. The first-order valence-electron chi connectivity index (χ1n) is 13.0. The minimum atomic E-state index is -3.81. The molecule has 0 saturated carbocycles. The van der Waals surface area contributed by atoms with E-state index >= 15 is 0 Å². The van der Waals surface area contributed by atoms with Gasteiger partial charge in [-0.15, -0.1) is 0 Å². The first-order chi connectivity index (χ1) is 18.6. The zero-order valence-corrected chi connectivity index (χ0v) is 24.2. The average Bonchev–Trinajstić information content (AvgIpc) is 2.90. The predicted octanol–water partition coefficient (Wildman–Crippen LogP) is 4.97. The number of amides is 2. The zero-order valence-electron chi connectivity index (χ0n) is 22.6. The minimum Gasteiger partial charge on any atom is -0.354 e. The van der Waals surface area contributed by atoms with E-state index in [0.29, 0.717) is 28.4 Å². The number of unbranched alkanes of at least 4 members (excludes halogenated alkanes) is 1. The smallest absolute Gasteiger partial charge is 0.244 e. The van der Waals surface area contributed by atoms with Crippen LogP contribution in [0.3, 0.4) is 0 Å². The molecule has 2 amide bonds. The number of aryl methyl sites for hydroxylation is 1. The predicted molar refractivity (Wildman–Crippen MR) is 157 cm³/mol. The maximum Gasteiger partial charge on any atom is 0.244 e. The number of anilines is 1. The Labute approximate surface area is 236 Å². The zero-order chi connectivity index (χ0) is 28.4. The number of hydrogen-bond donors (Lipinski definition) is 1. The van der Waals surface area contributed by atoms with Gasteiger partial charge >= 0.3 is 0 Å². The molecule has 0 bridgehead atoms. The third-order valence-electron chi connectivity index (χ3n) is 6.46. The van der Waals surface area contributed by atoms with Gasteiger partial charge in [0.05, 0.1) is 11.9 Å². The second kappa shape index (κ2) is 14.1. The van der Waals surface area contributed by atoms with Crippen molar-refractivity contribution in [1.82, 2.24) is 10.2 Å². The molecule has 39 heavy (non-hydrogen) atoms. The van der Waals surface area contributed by atoms with Gasteiger partial charge in [-0.05, 0) is 42.2 Å². The summed E-state index contributed by atoms with van der Waals surface area (Å²) < 4.78 is 26.9. The topological polar surface area (TPSA) is 86.8 Å². The summed E-state index contributed by atoms with van der Waals surface area (Å²) in [6.07, 6.45) is 3.05. The quantitative estimate of drug-likeness (QED) is 0.294. The summed E-state index contributed by atoms with van der Waals surface area (Å²) in [7, 11) is -3.81. The largest absolute Gasteiger partial charge is 0.354 e. The number of carbonyl (C=O) groups excluding carboxylic acids is 2. The highest BCUT2D eigenvalue weighted by Crippen LogP contribution is 2.24. The Bertz CT molecular complexity index is 1370. The van der Waals surface area contributed by atoms with Crippen LogP contribution in [0.15, 0.2) is 78.9 Å². The van der Waals surface area contributed by atoms with Crippen LogP contribution in [-0.4, -0.2) is 50.5 Å². The molecule has 0 aromatic heterocycles. The Balaban J connectivity index is 2.05. The molecule has 0 aliphatic heterocycles. The van der Waals surface area contributed by atoms with Crippen molar-refractivity contribution in [3.63, 3.8) is 0 Å². The van der Waals surface area contributed by atoms with Crippen molar-refractivity contribution in [2.24, 2.45) is 0 Å². The molecule has 0 fully saturated rings. The Morgan fingerprint density at radius 1 is 0.949 bits per heavy atom. The first-order valence-corrected chi connectivity index (χ1v) is 15.2. The average molecular weight is 570 g/mol. The molecule has 0 aliphatic rings. The van der Waals surface area contributed by atoms with Crippen molar-refractivity contribution in [3.8, 4) is 0 Å². The summed E-state index contributed by atoms with van der Waals surface area (Å²) in [6.45, 7) is 3.89. The Morgan fingerprint density at radius 2 is 1.59 bits per heavy atom. The van der Waals surface area contributed by atoms with E-state index in [1.165, 1.54) is 4.90 Å². The van der Waals surface area contributed by atoms with Crippen molar-refractivity contribution in [3.05, 3.63) is 101 Å². The molecule has 0 aliphatic carbocycles. The maximum absolute atomic E-state index is 14.1. The number of benzene rings is 3. The highest BCUT2D eigenvalue weighted by molar-refractivity contribution is 7.92. The highest BCUT2D eigenvalue weighted by atomic mass is 35.5. The molecule has 1 atom stereocenters. The molecule has 1 N–H and O–H groups in total. The number of nitrogens with one attached hydrogen (secondary N) is 1. The molecule has 7 nitrogen and oxygen atoms in total. The molecule has 208 valence electrons. The first kappa shape index (κ1) is 30.2. The number of rotatable bonds is 13. The van der Waals surface area contributed by atoms with Gasteiger partial charge < -0.3 is 10.2 Å². The molecule has 3 aromatic rings. The summed E-state index contributed by atoms with van der Waals surface area (Å²) in [6, 6.07) is 22.7. The van der Waals surface area contributed by atoms with Crippen molar-refractivity contribution in [1.29, 1.82) is 0 Å². The molecule has 3 aromatic carbocycles. The summed E-state index contributed by atoms with van der Waals surface area (Å²) >= 11 is 6.47. The van der Waals surface area contributed by atoms with Crippen LogP contribution in [0.2, 0.25) is 5.02 Å². The van der Waals surface area contributed by atoms with Gasteiger partial charge in [-0.3, -0.25) is 13.9 Å². The fourth-order valence-electron chi connectivity index (χ4n) is 4.31. The van der Waals surface area contributed by atoms with Crippen LogP contribution in [-0.2, 0) is 32.6 Å². The van der Waals surface area contributed by atoms with Gasteiger partial charge in [0.2, 0.25) is 21.8 Å². The van der Waals surface area contributed by atoms with Crippen LogP contribution < -0.4 is 9.62 Å². The van der Waals surface area contributed by atoms with E-state index in [0.717, 1.165) is 29.0 Å². The van der Waals surface area contributed by atoms with E-state index < -0.39 is 28.5 Å². The van der Waals surface area contributed by atoms with Crippen molar-refractivity contribution >= 4 is 39.1 Å². The molecule has 0 radical (unpaired) electrons. The van der Waals surface area contributed by atoms with Gasteiger partial charge in [0.1, 0.15) is 12.6 Å². The lowest BCUT2D eigenvalue weighted by atomic mass is 10.0. The van der Waals surface area contributed by atoms with Gasteiger partial charge in [0.25, 0.3) is 0 Å². The number of nitrogens with zero attached hydrogens (tertiary/aromatic N) is 2. The molecular weight excluding hydrogens is 534 g/mol. The van der Waals surface area contributed by atoms with E-state index in [9.17, 15) is 18.0 Å². The summed E-state index contributed by atoms with van der Waals surface area (Å²) in [5, 5.41) is 3.42. The van der Waals surface area contributed by atoms with Crippen molar-refractivity contribution in [2.45, 2.75) is 45.7 Å². The van der Waals surface area contributed by atoms with E-state index in [4.69, 9.17) is 11.6 Å². The van der Waals surface area contributed by atoms with Crippen LogP contribution in [0.25, 0.3) is 0 Å². The van der Waals surface area contributed by atoms with Gasteiger partial charge in [-0.2, -0.15) is 0 Å². The standard InChI is InChI=1S/C30H36ClN3O4S/c1-4-5-19-32-30(36)28(20-24-14-7-6-8-15-24)33(21-25-16-10-11-17-26(25)31)29(35)22-34(39(3,37)38)27-18-12-9-13-23(27)2/h6-18,28H,4-5,19-22H2,1-3H3,(H,32,36)/t28-/m0/s1. The fourth-order valence-corrected chi connectivity index (χ4v) is 5.41. The lowest BCUT2D eigenvalue weighted by Crippen LogP contribution is -2.53. The molecule has 0 spiro atoms. The summed E-state index contributed by atoms with van der Waals surface area (Å²) in [4.78, 5) is 29.1. The minimum absolute atomic E-state index is 0.0442. The van der Waals surface area contributed by atoms with E-state index in [2.05, 4.69) is 5.32 Å². The number of halogens is 1. The Kier molecular flexibility index (Phi) is 10.9. The maximum atomic E-state index is 14.1. The van der Waals surface area contributed by atoms with Gasteiger partial charge in [-0.1, -0.05) is 91.7 Å². The second-order valence-corrected chi connectivity index (χ2v) is 11.8. The van der Waals surface area contributed by atoms with Gasteiger partial charge in [0, 0.05) is 24.5 Å². The Hall–Kier alpha value is -3.36. The Morgan fingerprint density at radius 3 is 2.23 bits per heavy atom. The molecule has 0 unspecified atom stereocenters. The number of hydrogen-bond acceptors (Lipinski definition) is 4.